The van der Waals surface area contributed by atoms with Crippen LogP contribution in [0.25, 0.3) is 0 Å². The van der Waals surface area contributed by atoms with Gasteiger partial charge in [0, 0.05) is 31.1 Å². The fourth-order valence-corrected chi connectivity index (χ4v) is 0.469. The van der Waals surface area contributed by atoms with Crippen molar-refractivity contribution in [2.75, 3.05) is 7.05 Å². The van der Waals surface area contributed by atoms with Crippen molar-refractivity contribution in [2.24, 2.45) is 16.5 Å². The average Bonchev–Trinajstić information content (AvgIpc) is 1.97. The van der Waals surface area contributed by atoms with Crippen LogP contribution in [0.3, 0.4) is 0 Å². The number of amides is 1. The standard InChI is InChI=1S/C7H11N3O/c1-10-5-6(4-8)2-3-7(9)11/h2-5H,8H2,1H3,(H2,9,11)/b3-2+,6-4-,10-5?. The Morgan fingerprint density at radius 2 is 2.09 bits per heavy atom. The van der Waals surface area contributed by atoms with Crippen LogP contribution in [-0.4, -0.2) is 19.2 Å². The summed E-state index contributed by atoms with van der Waals surface area (Å²) in [6.07, 6.45) is 5.58. The molecular weight excluding hydrogens is 142 g/mol. The molecule has 0 fully saturated rings. The molecule has 0 spiro atoms. The zero-order chi connectivity index (χ0) is 8.69. The lowest BCUT2D eigenvalue weighted by atomic mass is 10.3. The minimum Gasteiger partial charge on any atom is -0.404 e. The predicted octanol–water partition coefficient (Wildman–Crippen LogP) is -0.429. The van der Waals surface area contributed by atoms with Crippen molar-refractivity contribution in [3.8, 4) is 0 Å². The Morgan fingerprint density at radius 3 is 2.45 bits per heavy atom. The van der Waals surface area contributed by atoms with Gasteiger partial charge in [-0.15, -0.1) is 0 Å². The highest BCUT2D eigenvalue weighted by Crippen LogP contribution is 1.88. The van der Waals surface area contributed by atoms with E-state index in [1.807, 2.05) is 0 Å². The van der Waals surface area contributed by atoms with Crippen LogP contribution >= 0.6 is 0 Å². The van der Waals surface area contributed by atoms with Crippen LogP contribution in [0, 0.1) is 0 Å². The molecule has 0 aliphatic rings. The molecule has 4 N–H and O–H groups in total. The Kier molecular flexibility index (Phi) is 4.47. The first-order valence-corrected chi connectivity index (χ1v) is 3.02. The molecule has 1 amide bonds. The van der Waals surface area contributed by atoms with Crippen LogP contribution in [0.5, 0.6) is 0 Å². The molecular formula is C7H11N3O. The monoisotopic (exact) mass is 153 g/mol. The second kappa shape index (κ2) is 5.22. The number of carbonyl (C=O) groups is 1. The van der Waals surface area contributed by atoms with Crippen molar-refractivity contribution in [1.82, 2.24) is 0 Å². The predicted molar refractivity (Wildman–Crippen MR) is 45.0 cm³/mol. The van der Waals surface area contributed by atoms with E-state index in [1.54, 1.807) is 7.05 Å². The van der Waals surface area contributed by atoms with E-state index in [0.717, 1.165) is 0 Å². The normalized spacial score (nSPS) is 13.0. The second-order valence-electron chi connectivity index (χ2n) is 1.79. The first-order valence-electron chi connectivity index (χ1n) is 3.02. The Morgan fingerprint density at radius 1 is 1.45 bits per heavy atom. The fraction of sp³-hybridized carbons (Fsp3) is 0.143. The van der Waals surface area contributed by atoms with Gasteiger partial charge in [-0.3, -0.25) is 9.79 Å². The number of rotatable bonds is 3. The Labute approximate surface area is 65.3 Å². The Balaban J connectivity index is 4.21. The number of primary amides is 1. The summed E-state index contributed by atoms with van der Waals surface area (Å²) in [4.78, 5) is 14.0. The van der Waals surface area contributed by atoms with Crippen molar-refractivity contribution in [2.45, 2.75) is 0 Å². The summed E-state index contributed by atoms with van der Waals surface area (Å²) in [6.45, 7) is 0. The summed E-state index contributed by atoms with van der Waals surface area (Å²) in [7, 11) is 1.61. The quantitative estimate of drug-likeness (QED) is 0.328. The molecule has 0 aliphatic heterocycles. The highest BCUT2D eigenvalue weighted by molar-refractivity contribution is 5.90. The van der Waals surface area contributed by atoms with Gasteiger partial charge in [0.25, 0.3) is 0 Å². The molecule has 0 radical (unpaired) electrons. The zero-order valence-electron chi connectivity index (χ0n) is 6.32. The van der Waals surface area contributed by atoms with Crippen LogP contribution in [0.4, 0.5) is 0 Å². The maximum atomic E-state index is 10.2. The van der Waals surface area contributed by atoms with E-state index in [0.29, 0.717) is 5.57 Å². The minimum absolute atomic E-state index is 0.506. The third-order valence-electron chi connectivity index (χ3n) is 0.911. The lowest BCUT2D eigenvalue weighted by Crippen LogP contribution is -2.05. The van der Waals surface area contributed by atoms with E-state index in [-0.39, 0.29) is 0 Å². The van der Waals surface area contributed by atoms with Gasteiger partial charge in [0.2, 0.25) is 5.91 Å². The number of nitrogens with two attached hydrogens (primary N) is 2. The van der Waals surface area contributed by atoms with Gasteiger partial charge < -0.3 is 11.5 Å². The first-order chi connectivity index (χ1) is 5.20. The largest absolute Gasteiger partial charge is 0.404 e. The Hall–Kier alpha value is -1.58. The van der Waals surface area contributed by atoms with Crippen LogP contribution in [0.1, 0.15) is 0 Å². The molecule has 60 valence electrons. The molecule has 0 aliphatic carbocycles. The zero-order valence-corrected chi connectivity index (χ0v) is 6.32. The molecule has 11 heavy (non-hydrogen) atoms. The molecule has 0 aromatic carbocycles. The Bertz CT molecular complexity index is 216. The topological polar surface area (TPSA) is 81.5 Å². The lowest BCUT2D eigenvalue weighted by Gasteiger charge is -1.87. The third-order valence-corrected chi connectivity index (χ3v) is 0.911. The van der Waals surface area contributed by atoms with Gasteiger partial charge >= 0.3 is 0 Å². The van der Waals surface area contributed by atoms with Gasteiger partial charge in [0.05, 0.1) is 0 Å². The van der Waals surface area contributed by atoms with Gasteiger partial charge in [-0.2, -0.15) is 0 Å². The molecule has 0 atom stereocenters. The molecule has 0 heterocycles. The molecule has 0 aromatic rings. The van der Waals surface area contributed by atoms with Crippen LogP contribution in [-0.2, 0) is 4.79 Å². The summed E-state index contributed by atoms with van der Waals surface area (Å²) >= 11 is 0. The van der Waals surface area contributed by atoms with Crippen molar-refractivity contribution < 1.29 is 4.79 Å². The molecule has 4 nitrogen and oxygen atoms in total. The number of allylic oxidation sites excluding steroid dienone is 2. The average molecular weight is 153 g/mol. The van der Waals surface area contributed by atoms with Crippen LogP contribution in [0.2, 0.25) is 0 Å². The summed E-state index contributed by atoms with van der Waals surface area (Å²) < 4.78 is 0. The smallest absolute Gasteiger partial charge is 0.241 e. The van der Waals surface area contributed by atoms with Crippen molar-refractivity contribution in [1.29, 1.82) is 0 Å². The summed E-state index contributed by atoms with van der Waals surface area (Å²) in [5.41, 5.74) is 10.7. The van der Waals surface area contributed by atoms with Crippen LogP contribution < -0.4 is 11.5 Å². The number of hydrogen-bond donors (Lipinski definition) is 2. The van der Waals surface area contributed by atoms with E-state index < -0.39 is 5.91 Å². The maximum absolute atomic E-state index is 10.2. The highest BCUT2D eigenvalue weighted by atomic mass is 16.1. The number of aliphatic imine (C=N–C) groups is 1. The van der Waals surface area contributed by atoms with Gasteiger partial charge in [0.15, 0.2) is 0 Å². The molecule has 4 heteroatoms. The SMILES string of the molecule is CN=CC(=C\N)/C=C/C(N)=O. The van der Waals surface area contributed by atoms with E-state index in [9.17, 15) is 4.79 Å². The second-order valence-corrected chi connectivity index (χ2v) is 1.79. The summed E-state index contributed by atoms with van der Waals surface area (Å²) in [6, 6.07) is 0. The van der Waals surface area contributed by atoms with E-state index in [1.165, 1.54) is 24.6 Å². The molecule has 0 bridgehead atoms. The molecule has 0 saturated carbocycles. The van der Waals surface area contributed by atoms with Crippen LogP contribution in [0.15, 0.2) is 28.9 Å². The van der Waals surface area contributed by atoms with Gasteiger partial charge in [-0.05, 0) is 6.08 Å². The van der Waals surface area contributed by atoms with E-state index in [4.69, 9.17) is 11.5 Å². The molecule has 0 aromatic heterocycles. The lowest BCUT2D eigenvalue weighted by molar-refractivity contribution is -0.113. The first kappa shape index (κ1) is 9.42. The van der Waals surface area contributed by atoms with Gasteiger partial charge in [-0.25, -0.2) is 0 Å². The molecule has 0 unspecified atom stereocenters. The number of carbonyl (C=O) groups excluding carboxylic acids is 1. The molecule has 0 rings (SSSR count). The molecule has 0 saturated heterocycles. The number of nitrogens with zero attached hydrogens (tertiary/aromatic N) is 1. The van der Waals surface area contributed by atoms with E-state index >= 15 is 0 Å². The van der Waals surface area contributed by atoms with Crippen molar-refractivity contribution in [3.63, 3.8) is 0 Å². The van der Waals surface area contributed by atoms with Gasteiger partial charge in [0.1, 0.15) is 0 Å². The summed E-state index contributed by atoms with van der Waals surface area (Å²) in [5, 5.41) is 0. The summed E-state index contributed by atoms with van der Waals surface area (Å²) in [5.74, 6) is -0.506. The van der Waals surface area contributed by atoms with Gasteiger partial charge in [-0.1, -0.05) is 0 Å². The minimum atomic E-state index is -0.506. The maximum Gasteiger partial charge on any atom is 0.241 e. The van der Waals surface area contributed by atoms with Crippen molar-refractivity contribution >= 4 is 12.1 Å². The number of hydrogen-bond acceptors (Lipinski definition) is 3. The highest BCUT2D eigenvalue weighted by Gasteiger charge is 1.85. The fourth-order valence-electron chi connectivity index (χ4n) is 0.469. The van der Waals surface area contributed by atoms with E-state index in [2.05, 4.69) is 4.99 Å². The van der Waals surface area contributed by atoms with Crippen molar-refractivity contribution in [3.05, 3.63) is 23.9 Å². The third kappa shape index (κ3) is 4.90.